The molecule has 98 valence electrons. The Morgan fingerprint density at radius 3 is 2.24 bits per heavy atom. The first kappa shape index (κ1) is 14.2. The molecule has 1 aliphatic heterocycles. The van der Waals surface area contributed by atoms with Crippen LogP contribution in [-0.4, -0.2) is 35.6 Å². The van der Waals surface area contributed by atoms with Gasteiger partial charge in [0.15, 0.2) is 0 Å². The number of hydrogen-bond donors (Lipinski definition) is 1. The number of carbonyl (C=O) groups is 1. The number of likely N-dealkylation sites (tertiary alicyclic amines) is 1. The Balaban J connectivity index is 2.42. The van der Waals surface area contributed by atoms with E-state index >= 15 is 0 Å². The van der Waals surface area contributed by atoms with Crippen LogP contribution >= 0.6 is 0 Å². The minimum Gasteiger partial charge on any atom is -0.478 e. The molecule has 1 N–H and O–H groups in total. The third kappa shape index (κ3) is 3.84. The maximum Gasteiger partial charge on any atom is 0.330 e. The van der Waals surface area contributed by atoms with Crippen LogP contribution in [-0.2, 0) is 4.79 Å². The quantitative estimate of drug-likeness (QED) is 0.750. The van der Waals surface area contributed by atoms with Gasteiger partial charge in [0, 0.05) is 12.1 Å². The lowest BCUT2D eigenvalue weighted by atomic mass is 9.74. The number of aliphatic carboxylic acids is 1. The van der Waals surface area contributed by atoms with E-state index in [1.54, 1.807) is 6.92 Å². The molecular formula is C14H25NO2. The summed E-state index contributed by atoms with van der Waals surface area (Å²) in [6, 6.07) is 0. The molecule has 17 heavy (non-hydrogen) atoms. The van der Waals surface area contributed by atoms with Crippen molar-refractivity contribution in [3.63, 3.8) is 0 Å². The van der Waals surface area contributed by atoms with Crippen molar-refractivity contribution in [2.24, 2.45) is 5.41 Å². The monoisotopic (exact) mass is 239 g/mol. The molecule has 0 aromatic rings. The second-order valence-corrected chi connectivity index (χ2v) is 5.20. The van der Waals surface area contributed by atoms with E-state index in [1.165, 1.54) is 25.7 Å². The summed E-state index contributed by atoms with van der Waals surface area (Å²) in [5, 5.41) is 8.78. The number of nitrogens with zero attached hydrogens (tertiary/aromatic N) is 1. The van der Waals surface area contributed by atoms with E-state index in [1.807, 2.05) is 6.08 Å². The van der Waals surface area contributed by atoms with Crippen molar-refractivity contribution in [3.8, 4) is 0 Å². The van der Waals surface area contributed by atoms with Crippen LogP contribution < -0.4 is 0 Å². The highest BCUT2D eigenvalue weighted by molar-refractivity contribution is 5.85. The van der Waals surface area contributed by atoms with Crippen LogP contribution in [0.2, 0.25) is 0 Å². The van der Waals surface area contributed by atoms with Crippen molar-refractivity contribution < 1.29 is 9.90 Å². The Morgan fingerprint density at radius 1 is 1.29 bits per heavy atom. The van der Waals surface area contributed by atoms with Gasteiger partial charge in [0.2, 0.25) is 0 Å². The first-order valence-corrected chi connectivity index (χ1v) is 6.65. The van der Waals surface area contributed by atoms with E-state index in [4.69, 9.17) is 5.11 Å². The molecule has 0 saturated carbocycles. The molecule has 0 radical (unpaired) electrons. The number of hydrogen-bond acceptors (Lipinski definition) is 2. The molecule has 0 aromatic carbocycles. The predicted molar refractivity (Wildman–Crippen MR) is 70.1 cm³/mol. The highest BCUT2D eigenvalue weighted by Crippen LogP contribution is 2.37. The van der Waals surface area contributed by atoms with Crippen molar-refractivity contribution in [1.82, 2.24) is 4.90 Å². The Labute approximate surface area is 105 Å². The summed E-state index contributed by atoms with van der Waals surface area (Å²) in [6.45, 7) is 9.22. The summed E-state index contributed by atoms with van der Waals surface area (Å²) in [5.41, 5.74) is 0.995. The SMILES string of the molecule is CCC1(CC)CCN(CC=C(C)C(=O)O)CC1. The van der Waals surface area contributed by atoms with Gasteiger partial charge in [-0.1, -0.05) is 32.8 Å². The lowest BCUT2D eigenvalue weighted by molar-refractivity contribution is -0.132. The highest BCUT2D eigenvalue weighted by Gasteiger charge is 2.30. The minimum atomic E-state index is -0.807. The van der Waals surface area contributed by atoms with Gasteiger partial charge in [0.1, 0.15) is 0 Å². The third-order valence-corrected chi connectivity index (χ3v) is 4.41. The fraction of sp³-hybridized carbons (Fsp3) is 0.786. The van der Waals surface area contributed by atoms with Crippen LogP contribution in [0, 0.1) is 5.41 Å². The van der Waals surface area contributed by atoms with Gasteiger partial charge in [-0.25, -0.2) is 4.79 Å². The molecule has 0 unspecified atom stereocenters. The first-order valence-electron chi connectivity index (χ1n) is 6.65. The average Bonchev–Trinajstić information content (AvgIpc) is 2.36. The number of carboxylic acid groups (broad SMARTS) is 1. The van der Waals surface area contributed by atoms with Gasteiger partial charge in [-0.15, -0.1) is 0 Å². The molecule has 1 fully saturated rings. The van der Waals surface area contributed by atoms with Gasteiger partial charge in [0.25, 0.3) is 0 Å². The number of rotatable bonds is 5. The largest absolute Gasteiger partial charge is 0.478 e. The predicted octanol–water partition coefficient (Wildman–Crippen LogP) is 2.92. The summed E-state index contributed by atoms with van der Waals surface area (Å²) in [7, 11) is 0. The van der Waals surface area contributed by atoms with Crippen LogP contribution in [0.3, 0.4) is 0 Å². The molecule has 0 bridgehead atoms. The lowest BCUT2D eigenvalue weighted by Gasteiger charge is -2.40. The molecule has 1 rings (SSSR count). The summed E-state index contributed by atoms with van der Waals surface area (Å²) >= 11 is 0. The lowest BCUT2D eigenvalue weighted by Crippen LogP contribution is -2.39. The summed E-state index contributed by atoms with van der Waals surface area (Å²) in [5.74, 6) is -0.807. The van der Waals surface area contributed by atoms with Gasteiger partial charge in [-0.05, 0) is 38.3 Å². The first-order chi connectivity index (χ1) is 8.03. The fourth-order valence-electron chi connectivity index (χ4n) is 2.52. The van der Waals surface area contributed by atoms with Crippen LogP contribution in [0.15, 0.2) is 11.6 Å². The minimum absolute atomic E-state index is 0.452. The molecule has 0 amide bonds. The van der Waals surface area contributed by atoms with E-state index in [0.29, 0.717) is 11.0 Å². The van der Waals surface area contributed by atoms with Crippen LogP contribution in [0.4, 0.5) is 0 Å². The van der Waals surface area contributed by atoms with E-state index in [2.05, 4.69) is 18.7 Å². The highest BCUT2D eigenvalue weighted by atomic mass is 16.4. The molecule has 3 heteroatoms. The van der Waals surface area contributed by atoms with E-state index in [0.717, 1.165) is 19.6 Å². The van der Waals surface area contributed by atoms with Gasteiger partial charge >= 0.3 is 5.97 Å². The summed E-state index contributed by atoms with van der Waals surface area (Å²) in [4.78, 5) is 13.0. The van der Waals surface area contributed by atoms with Crippen LogP contribution in [0.25, 0.3) is 0 Å². The topological polar surface area (TPSA) is 40.5 Å². The maximum atomic E-state index is 10.7. The molecule has 3 nitrogen and oxygen atoms in total. The Kier molecular flexibility index (Phi) is 5.19. The average molecular weight is 239 g/mol. The Bertz CT molecular complexity index is 283. The normalized spacial score (nSPS) is 21.5. The van der Waals surface area contributed by atoms with Crippen LogP contribution in [0.1, 0.15) is 46.5 Å². The molecule has 1 heterocycles. The molecule has 0 spiro atoms. The second kappa shape index (κ2) is 6.20. The molecular weight excluding hydrogens is 214 g/mol. The molecule has 1 saturated heterocycles. The molecule has 1 aliphatic rings. The molecule has 0 atom stereocenters. The standard InChI is InChI=1S/C14H25NO2/c1-4-14(5-2)7-10-15(11-8-14)9-6-12(3)13(16)17/h6H,4-5,7-11H2,1-3H3,(H,16,17). The molecule has 0 aliphatic carbocycles. The molecule has 0 aromatic heterocycles. The van der Waals surface area contributed by atoms with Crippen LogP contribution in [0.5, 0.6) is 0 Å². The number of carboxylic acids is 1. The van der Waals surface area contributed by atoms with Gasteiger partial charge in [-0.3, -0.25) is 4.90 Å². The zero-order valence-corrected chi connectivity index (χ0v) is 11.3. The number of piperidine rings is 1. The Hall–Kier alpha value is -0.830. The van der Waals surface area contributed by atoms with Gasteiger partial charge in [0.05, 0.1) is 0 Å². The Morgan fingerprint density at radius 2 is 1.82 bits per heavy atom. The van der Waals surface area contributed by atoms with E-state index in [-0.39, 0.29) is 0 Å². The maximum absolute atomic E-state index is 10.7. The van der Waals surface area contributed by atoms with Crippen molar-refractivity contribution in [2.45, 2.75) is 46.5 Å². The zero-order chi connectivity index (χ0) is 12.9. The zero-order valence-electron chi connectivity index (χ0n) is 11.3. The van der Waals surface area contributed by atoms with E-state index < -0.39 is 5.97 Å². The van der Waals surface area contributed by atoms with Gasteiger partial charge in [-0.2, -0.15) is 0 Å². The summed E-state index contributed by atoms with van der Waals surface area (Å²) in [6.07, 6.45) is 6.86. The summed E-state index contributed by atoms with van der Waals surface area (Å²) < 4.78 is 0. The third-order valence-electron chi connectivity index (χ3n) is 4.41. The second-order valence-electron chi connectivity index (χ2n) is 5.20. The smallest absolute Gasteiger partial charge is 0.330 e. The van der Waals surface area contributed by atoms with Gasteiger partial charge < -0.3 is 5.11 Å². The fourth-order valence-corrected chi connectivity index (χ4v) is 2.52. The van der Waals surface area contributed by atoms with Crippen molar-refractivity contribution in [3.05, 3.63) is 11.6 Å². The van der Waals surface area contributed by atoms with Crippen molar-refractivity contribution in [2.75, 3.05) is 19.6 Å². The van der Waals surface area contributed by atoms with Crippen molar-refractivity contribution in [1.29, 1.82) is 0 Å². The van der Waals surface area contributed by atoms with E-state index in [9.17, 15) is 4.79 Å². The van der Waals surface area contributed by atoms with Crippen molar-refractivity contribution >= 4 is 5.97 Å².